The summed E-state index contributed by atoms with van der Waals surface area (Å²) in [5.41, 5.74) is 4.94. The molecular formula is C26H25N5O4S. The predicted octanol–water partition coefficient (Wildman–Crippen LogP) is 4.29. The second-order valence-corrected chi connectivity index (χ2v) is 8.39. The number of ether oxygens (including phenoxy) is 2. The molecule has 0 spiro atoms. The van der Waals surface area contributed by atoms with Crippen LogP contribution in [0.25, 0.3) is 17.1 Å². The van der Waals surface area contributed by atoms with Gasteiger partial charge in [0.25, 0.3) is 5.91 Å². The summed E-state index contributed by atoms with van der Waals surface area (Å²) < 4.78 is 12.5. The van der Waals surface area contributed by atoms with Gasteiger partial charge in [0.1, 0.15) is 5.75 Å². The molecule has 0 atom stereocenters. The van der Waals surface area contributed by atoms with E-state index in [4.69, 9.17) is 9.47 Å². The molecule has 0 aliphatic heterocycles. The fraction of sp³-hybridized carbons (Fsp3) is 0.154. The van der Waals surface area contributed by atoms with E-state index in [1.807, 2.05) is 66.1 Å². The maximum Gasteiger partial charge on any atom is 0.250 e. The van der Waals surface area contributed by atoms with Crippen molar-refractivity contribution in [3.05, 3.63) is 78.4 Å². The summed E-state index contributed by atoms with van der Waals surface area (Å²) in [6.07, 6.45) is 1.48. The molecule has 0 aliphatic rings. The van der Waals surface area contributed by atoms with Crippen molar-refractivity contribution in [2.24, 2.45) is 5.10 Å². The third-order valence-corrected chi connectivity index (χ3v) is 5.94. The van der Waals surface area contributed by atoms with Crippen LogP contribution < -0.4 is 14.9 Å². The largest absolute Gasteiger partial charge is 0.504 e. The van der Waals surface area contributed by atoms with Crippen molar-refractivity contribution < 1.29 is 19.4 Å². The summed E-state index contributed by atoms with van der Waals surface area (Å²) in [5, 5.41) is 23.1. The van der Waals surface area contributed by atoms with Crippen LogP contribution in [0.15, 0.2) is 83.1 Å². The van der Waals surface area contributed by atoms with Gasteiger partial charge in [-0.05, 0) is 55.0 Å². The maximum atomic E-state index is 12.5. The molecular weight excluding hydrogens is 478 g/mol. The predicted molar refractivity (Wildman–Crippen MR) is 139 cm³/mol. The summed E-state index contributed by atoms with van der Waals surface area (Å²) in [6.45, 7) is 2.26. The number of hydrogen-bond donors (Lipinski definition) is 2. The van der Waals surface area contributed by atoms with Crippen molar-refractivity contribution in [2.75, 3.05) is 19.5 Å². The van der Waals surface area contributed by atoms with E-state index in [2.05, 4.69) is 20.7 Å². The lowest BCUT2D eigenvalue weighted by Crippen LogP contribution is -2.20. The molecule has 3 aromatic carbocycles. The van der Waals surface area contributed by atoms with Crippen molar-refractivity contribution in [1.82, 2.24) is 20.2 Å². The van der Waals surface area contributed by atoms with Crippen LogP contribution in [0.1, 0.15) is 12.5 Å². The van der Waals surface area contributed by atoms with Gasteiger partial charge in [-0.1, -0.05) is 42.1 Å². The first kappa shape index (κ1) is 24.8. The van der Waals surface area contributed by atoms with Crippen LogP contribution in [0.2, 0.25) is 0 Å². The lowest BCUT2D eigenvalue weighted by molar-refractivity contribution is -0.118. The van der Waals surface area contributed by atoms with Gasteiger partial charge in [0.05, 0.1) is 25.7 Å². The van der Waals surface area contributed by atoms with Crippen LogP contribution in [-0.2, 0) is 4.79 Å². The van der Waals surface area contributed by atoms with Crippen molar-refractivity contribution >= 4 is 23.9 Å². The van der Waals surface area contributed by atoms with Crippen molar-refractivity contribution in [1.29, 1.82) is 0 Å². The molecule has 1 heterocycles. The molecule has 0 bridgehead atoms. The SMILES string of the molecule is CCOc1cc(/C=N\NC(=O)CSc2nnc(-c3ccccc3)n2-c2ccc(OC)cc2)ccc1O. The second-order valence-electron chi connectivity index (χ2n) is 7.45. The number of benzene rings is 3. The number of amides is 1. The van der Waals surface area contributed by atoms with E-state index < -0.39 is 0 Å². The zero-order chi connectivity index (χ0) is 25.3. The number of hydrazone groups is 1. The Morgan fingerprint density at radius 2 is 1.89 bits per heavy atom. The monoisotopic (exact) mass is 503 g/mol. The molecule has 9 nitrogen and oxygen atoms in total. The van der Waals surface area contributed by atoms with Crippen LogP contribution in [-0.4, -0.2) is 51.5 Å². The van der Waals surface area contributed by atoms with Gasteiger partial charge >= 0.3 is 0 Å². The van der Waals surface area contributed by atoms with Crippen molar-refractivity contribution in [3.63, 3.8) is 0 Å². The Morgan fingerprint density at radius 1 is 1.11 bits per heavy atom. The normalized spacial score (nSPS) is 10.9. The maximum absolute atomic E-state index is 12.5. The summed E-state index contributed by atoms with van der Waals surface area (Å²) in [4.78, 5) is 12.5. The molecule has 1 aromatic heterocycles. The lowest BCUT2D eigenvalue weighted by Gasteiger charge is -2.11. The van der Waals surface area contributed by atoms with Crippen LogP contribution in [0, 0.1) is 0 Å². The van der Waals surface area contributed by atoms with Gasteiger partial charge in [0.15, 0.2) is 22.5 Å². The molecule has 184 valence electrons. The number of thioether (sulfide) groups is 1. The van der Waals surface area contributed by atoms with Crippen LogP contribution >= 0.6 is 11.8 Å². The topological polar surface area (TPSA) is 111 Å². The minimum Gasteiger partial charge on any atom is -0.504 e. The molecule has 0 saturated heterocycles. The number of phenols is 1. The molecule has 0 saturated carbocycles. The summed E-state index contributed by atoms with van der Waals surface area (Å²) in [5.74, 6) is 1.59. The number of methoxy groups -OCH3 is 1. The van der Waals surface area contributed by atoms with Crippen LogP contribution in [0.5, 0.6) is 17.2 Å². The first-order valence-electron chi connectivity index (χ1n) is 11.1. The highest BCUT2D eigenvalue weighted by Crippen LogP contribution is 2.29. The minimum absolute atomic E-state index is 0.0466. The molecule has 10 heteroatoms. The fourth-order valence-electron chi connectivity index (χ4n) is 3.32. The quantitative estimate of drug-likeness (QED) is 0.189. The van der Waals surface area contributed by atoms with Gasteiger partial charge in [-0.3, -0.25) is 9.36 Å². The Bertz CT molecular complexity index is 1340. The van der Waals surface area contributed by atoms with Gasteiger partial charge < -0.3 is 14.6 Å². The number of nitrogens with zero attached hydrogens (tertiary/aromatic N) is 4. The third-order valence-electron chi connectivity index (χ3n) is 5.01. The number of aromatic hydroxyl groups is 1. The Kier molecular flexibility index (Phi) is 8.20. The standard InChI is InChI=1S/C26H25N5O4S/c1-3-35-23-15-18(9-14-22(23)32)16-27-28-24(33)17-36-26-30-29-25(19-7-5-4-6-8-19)31(26)20-10-12-21(34-2)13-11-20/h4-16,32H,3,17H2,1-2H3,(H,28,33)/b27-16-. The summed E-state index contributed by atoms with van der Waals surface area (Å²) in [7, 11) is 1.62. The van der Waals surface area contributed by atoms with E-state index >= 15 is 0 Å². The molecule has 0 fully saturated rings. The number of nitrogens with one attached hydrogen (secondary N) is 1. The molecule has 4 aromatic rings. The lowest BCUT2D eigenvalue weighted by atomic mass is 10.2. The number of rotatable bonds is 10. The average Bonchev–Trinajstić information content (AvgIpc) is 3.34. The average molecular weight is 504 g/mol. The molecule has 0 aliphatic carbocycles. The minimum atomic E-state index is -0.300. The highest BCUT2D eigenvalue weighted by Gasteiger charge is 2.17. The number of carbonyl (C=O) groups excluding carboxylic acids is 1. The van der Waals surface area contributed by atoms with E-state index in [0.29, 0.717) is 28.9 Å². The number of carbonyl (C=O) groups is 1. The number of aromatic nitrogens is 3. The van der Waals surface area contributed by atoms with Crippen molar-refractivity contribution in [2.45, 2.75) is 12.1 Å². The number of phenolic OH excluding ortho intramolecular Hbond substituents is 1. The second kappa shape index (κ2) is 11.9. The molecule has 0 radical (unpaired) electrons. The zero-order valence-corrected chi connectivity index (χ0v) is 20.6. The molecule has 36 heavy (non-hydrogen) atoms. The zero-order valence-electron chi connectivity index (χ0n) is 19.8. The van der Waals surface area contributed by atoms with E-state index in [0.717, 1.165) is 17.0 Å². The highest BCUT2D eigenvalue weighted by molar-refractivity contribution is 7.99. The highest BCUT2D eigenvalue weighted by atomic mass is 32.2. The molecule has 0 unspecified atom stereocenters. The molecule has 4 rings (SSSR count). The Balaban J connectivity index is 1.47. The van der Waals surface area contributed by atoms with Crippen molar-refractivity contribution in [3.8, 4) is 34.3 Å². The van der Waals surface area contributed by atoms with Gasteiger partial charge in [0.2, 0.25) is 0 Å². The first-order chi connectivity index (χ1) is 17.6. The third kappa shape index (κ3) is 6.02. The van der Waals surface area contributed by atoms with Gasteiger partial charge in [-0.2, -0.15) is 5.10 Å². The van der Waals surface area contributed by atoms with Gasteiger partial charge in [-0.25, -0.2) is 5.43 Å². The van der Waals surface area contributed by atoms with E-state index in [9.17, 15) is 9.90 Å². The van der Waals surface area contributed by atoms with Gasteiger partial charge in [-0.15, -0.1) is 10.2 Å². The van der Waals surface area contributed by atoms with Crippen LogP contribution in [0.3, 0.4) is 0 Å². The first-order valence-corrected chi connectivity index (χ1v) is 12.1. The van der Waals surface area contributed by atoms with E-state index in [-0.39, 0.29) is 17.4 Å². The molecule has 2 N–H and O–H groups in total. The van der Waals surface area contributed by atoms with E-state index in [1.54, 1.807) is 19.2 Å². The molecule has 1 amide bonds. The van der Waals surface area contributed by atoms with Crippen LogP contribution in [0.4, 0.5) is 0 Å². The summed E-state index contributed by atoms with van der Waals surface area (Å²) in [6, 6.07) is 22.1. The number of hydrogen-bond acceptors (Lipinski definition) is 8. The summed E-state index contributed by atoms with van der Waals surface area (Å²) >= 11 is 1.25. The Hall–Kier alpha value is -4.31. The smallest absolute Gasteiger partial charge is 0.250 e. The Labute approximate surface area is 212 Å². The van der Waals surface area contributed by atoms with Gasteiger partial charge in [0, 0.05) is 11.3 Å². The van der Waals surface area contributed by atoms with E-state index in [1.165, 1.54) is 24.0 Å². The fourth-order valence-corrected chi connectivity index (χ4v) is 4.07. The Morgan fingerprint density at radius 3 is 2.61 bits per heavy atom.